The van der Waals surface area contributed by atoms with E-state index < -0.39 is 0 Å². The van der Waals surface area contributed by atoms with E-state index in [9.17, 15) is 0 Å². The molecule has 0 saturated carbocycles. The zero-order valence-corrected chi connectivity index (χ0v) is 26.5. The maximum Gasteiger partial charge on any atom is 0.104 e. The minimum absolute atomic E-state index is 0.0235. The maximum absolute atomic E-state index is 3.84. The minimum atomic E-state index is -0.0235. The molecule has 3 atom stereocenters. The molecule has 3 nitrogen and oxygen atoms in total. The highest BCUT2D eigenvalue weighted by Crippen LogP contribution is 2.50. The maximum atomic E-state index is 3.84. The van der Waals surface area contributed by atoms with Gasteiger partial charge in [-0.25, -0.2) is 0 Å². The SMILES string of the molecule is C1=C(c2ccccc2)NC(c2ccc(-c3ccc4c(ccc5ccc6c(c54)NC(c4ccccc4)S6)c3)cc2)NC1c1ccccc1. The Morgan fingerprint density at radius 2 is 1.15 bits per heavy atom. The van der Waals surface area contributed by atoms with Crippen LogP contribution in [-0.2, 0) is 0 Å². The topological polar surface area (TPSA) is 36.1 Å². The first kappa shape index (κ1) is 28.0. The van der Waals surface area contributed by atoms with Crippen LogP contribution in [0.5, 0.6) is 0 Å². The van der Waals surface area contributed by atoms with E-state index in [-0.39, 0.29) is 17.6 Å². The molecule has 2 heterocycles. The van der Waals surface area contributed by atoms with Crippen LogP contribution < -0.4 is 16.0 Å². The van der Waals surface area contributed by atoms with Crippen LogP contribution in [0, 0.1) is 0 Å². The van der Waals surface area contributed by atoms with Gasteiger partial charge in [-0.2, -0.15) is 0 Å². The molecule has 0 aliphatic carbocycles. The largest absolute Gasteiger partial charge is 0.368 e. The summed E-state index contributed by atoms with van der Waals surface area (Å²) in [6.45, 7) is 0. The van der Waals surface area contributed by atoms with Gasteiger partial charge in [-0.15, -0.1) is 0 Å². The van der Waals surface area contributed by atoms with Crippen LogP contribution in [0.15, 0.2) is 169 Å². The van der Waals surface area contributed by atoms with E-state index in [1.807, 2.05) is 11.8 Å². The number of nitrogens with one attached hydrogen (secondary N) is 3. The Hall–Kier alpha value is -5.29. The number of benzene rings is 7. The summed E-state index contributed by atoms with van der Waals surface area (Å²) in [4.78, 5) is 1.31. The van der Waals surface area contributed by atoms with Gasteiger partial charge in [0.15, 0.2) is 0 Å². The predicted octanol–water partition coefficient (Wildman–Crippen LogP) is 10.9. The quantitative estimate of drug-likeness (QED) is 0.167. The number of hydrogen-bond donors (Lipinski definition) is 3. The van der Waals surface area contributed by atoms with Crippen molar-refractivity contribution in [3.63, 3.8) is 0 Å². The summed E-state index contributed by atoms with van der Waals surface area (Å²) in [6.07, 6.45) is 2.27. The lowest BCUT2D eigenvalue weighted by Gasteiger charge is -2.33. The van der Waals surface area contributed by atoms with Gasteiger partial charge in [0.05, 0.1) is 11.7 Å². The molecule has 3 unspecified atom stereocenters. The van der Waals surface area contributed by atoms with E-state index >= 15 is 0 Å². The fraction of sp³-hybridized carbons (Fsp3) is 0.0698. The van der Waals surface area contributed by atoms with Crippen LogP contribution in [0.2, 0.25) is 0 Å². The van der Waals surface area contributed by atoms with Crippen molar-refractivity contribution < 1.29 is 0 Å². The van der Waals surface area contributed by atoms with Crippen LogP contribution >= 0.6 is 11.8 Å². The molecule has 47 heavy (non-hydrogen) atoms. The third kappa shape index (κ3) is 5.26. The van der Waals surface area contributed by atoms with Crippen molar-refractivity contribution in [3.05, 3.63) is 186 Å². The lowest BCUT2D eigenvalue weighted by molar-refractivity contribution is 0.443. The van der Waals surface area contributed by atoms with Crippen LogP contribution in [0.25, 0.3) is 38.4 Å². The zero-order chi connectivity index (χ0) is 31.2. The molecule has 0 saturated heterocycles. The van der Waals surface area contributed by atoms with Crippen molar-refractivity contribution in [2.24, 2.45) is 0 Å². The highest BCUT2D eigenvalue weighted by molar-refractivity contribution is 8.00. The van der Waals surface area contributed by atoms with Gasteiger partial charge in [0.25, 0.3) is 0 Å². The van der Waals surface area contributed by atoms with Crippen molar-refractivity contribution in [2.45, 2.75) is 22.5 Å². The molecular formula is C43H33N3S. The summed E-state index contributed by atoms with van der Waals surface area (Å²) in [7, 11) is 0. The molecule has 7 aromatic rings. The molecule has 0 bridgehead atoms. The second-order valence-electron chi connectivity index (χ2n) is 12.3. The van der Waals surface area contributed by atoms with Gasteiger partial charge in [-0.05, 0) is 67.7 Å². The Morgan fingerprint density at radius 3 is 1.91 bits per heavy atom. The van der Waals surface area contributed by atoms with Crippen molar-refractivity contribution in [2.75, 3.05) is 5.32 Å². The second kappa shape index (κ2) is 11.8. The molecule has 0 fully saturated rings. The minimum Gasteiger partial charge on any atom is -0.368 e. The summed E-state index contributed by atoms with van der Waals surface area (Å²) in [6, 6.07) is 57.0. The predicted molar refractivity (Wildman–Crippen MR) is 198 cm³/mol. The second-order valence-corrected chi connectivity index (χ2v) is 13.4. The Bertz CT molecular complexity index is 2250. The summed E-state index contributed by atoms with van der Waals surface area (Å²) in [5.74, 6) is 0. The summed E-state index contributed by atoms with van der Waals surface area (Å²) in [5.41, 5.74) is 9.76. The Balaban J connectivity index is 1.02. The van der Waals surface area contributed by atoms with Gasteiger partial charge < -0.3 is 10.6 Å². The fourth-order valence-electron chi connectivity index (χ4n) is 6.96. The monoisotopic (exact) mass is 623 g/mol. The lowest BCUT2D eigenvalue weighted by atomic mass is 9.95. The third-order valence-corrected chi connectivity index (χ3v) is 10.6. The highest BCUT2D eigenvalue weighted by Gasteiger charge is 2.26. The third-order valence-electron chi connectivity index (χ3n) is 9.39. The smallest absolute Gasteiger partial charge is 0.104 e. The molecule has 0 radical (unpaired) electrons. The van der Waals surface area contributed by atoms with Crippen molar-refractivity contribution >= 4 is 44.7 Å². The molecular weight excluding hydrogens is 591 g/mol. The summed E-state index contributed by atoms with van der Waals surface area (Å²) >= 11 is 1.90. The molecule has 2 aliphatic rings. The van der Waals surface area contributed by atoms with E-state index in [1.165, 1.54) is 65.5 Å². The zero-order valence-electron chi connectivity index (χ0n) is 25.7. The molecule has 226 valence electrons. The number of anilines is 1. The number of rotatable bonds is 5. The molecule has 3 N–H and O–H groups in total. The van der Waals surface area contributed by atoms with Gasteiger partial charge in [-0.1, -0.05) is 157 Å². The first-order valence-electron chi connectivity index (χ1n) is 16.2. The van der Waals surface area contributed by atoms with Gasteiger partial charge in [0, 0.05) is 16.0 Å². The van der Waals surface area contributed by atoms with Crippen LogP contribution in [0.1, 0.15) is 39.8 Å². The normalized spacial score (nSPS) is 18.7. The number of hydrogen-bond acceptors (Lipinski definition) is 4. The Morgan fingerprint density at radius 1 is 0.489 bits per heavy atom. The fourth-order valence-corrected chi connectivity index (χ4v) is 8.11. The molecule has 0 aromatic heterocycles. The van der Waals surface area contributed by atoms with E-state index in [4.69, 9.17) is 0 Å². The van der Waals surface area contributed by atoms with E-state index in [1.54, 1.807) is 0 Å². The first-order valence-corrected chi connectivity index (χ1v) is 17.1. The van der Waals surface area contributed by atoms with Gasteiger partial charge in [0.1, 0.15) is 11.5 Å². The van der Waals surface area contributed by atoms with E-state index in [2.05, 4.69) is 180 Å². The van der Waals surface area contributed by atoms with Gasteiger partial charge in [-0.3, -0.25) is 5.32 Å². The molecule has 7 aromatic carbocycles. The van der Waals surface area contributed by atoms with E-state index in [0.29, 0.717) is 0 Å². The van der Waals surface area contributed by atoms with Crippen LogP contribution in [0.3, 0.4) is 0 Å². The van der Waals surface area contributed by atoms with Crippen molar-refractivity contribution in [3.8, 4) is 11.1 Å². The summed E-state index contributed by atoms with van der Waals surface area (Å²) < 4.78 is 0. The highest BCUT2D eigenvalue weighted by atomic mass is 32.2. The molecule has 2 aliphatic heterocycles. The first-order chi connectivity index (χ1) is 23.3. The van der Waals surface area contributed by atoms with Crippen LogP contribution in [0.4, 0.5) is 5.69 Å². The lowest BCUT2D eigenvalue weighted by Crippen LogP contribution is -2.39. The molecule has 0 spiro atoms. The van der Waals surface area contributed by atoms with Gasteiger partial charge >= 0.3 is 0 Å². The average molecular weight is 624 g/mol. The molecule has 9 rings (SSSR count). The average Bonchev–Trinajstić information content (AvgIpc) is 3.60. The van der Waals surface area contributed by atoms with E-state index in [0.717, 1.165) is 5.70 Å². The molecule has 4 heteroatoms. The van der Waals surface area contributed by atoms with Crippen molar-refractivity contribution in [1.82, 2.24) is 10.6 Å². The van der Waals surface area contributed by atoms with Crippen LogP contribution in [-0.4, -0.2) is 0 Å². The van der Waals surface area contributed by atoms with Crippen molar-refractivity contribution in [1.29, 1.82) is 0 Å². The number of fused-ring (bicyclic) bond motifs is 5. The standard InChI is InChI=1S/C43H33N3S/c1-4-10-29(11-5-1)37-27-38(30-12-6-2-7-13-30)45-42(44-37)32-19-16-28(17-20-32)34-22-24-36-35(26-34)21-18-31-23-25-39-41(40(31)36)46-43(47-39)33-14-8-3-9-15-33/h1-27,37,42-46H. The Labute approximate surface area is 279 Å². The number of thioether (sulfide) groups is 1. The van der Waals surface area contributed by atoms with Gasteiger partial charge in [0.2, 0.25) is 0 Å². The summed E-state index contributed by atoms with van der Waals surface area (Å²) in [5, 5.41) is 16.8. The molecule has 0 amide bonds. The Kier molecular flexibility index (Phi) is 7.03.